The van der Waals surface area contributed by atoms with E-state index in [1.165, 1.54) is 0 Å². The minimum absolute atomic E-state index is 0.140. The van der Waals surface area contributed by atoms with E-state index < -0.39 is 10.7 Å². The van der Waals surface area contributed by atoms with Crippen LogP contribution in [0.2, 0.25) is 0 Å². The van der Waals surface area contributed by atoms with Gasteiger partial charge in [-0.1, -0.05) is 6.92 Å². The Morgan fingerprint density at radius 2 is 1.74 bits per heavy atom. The third-order valence-corrected chi connectivity index (χ3v) is 4.82. The highest BCUT2D eigenvalue weighted by atomic mass is 19.1. The number of nitro groups is 1. The lowest BCUT2D eigenvalue weighted by molar-refractivity contribution is -0.384. The van der Waals surface area contributed by atoms with Crippen LogP contribution in [0.3, 0.4) is 0 Å². The van der Waals surface area contributed by atoms with Gasteiger partial charge in [0.2, 0.25) is 0 Å². The van der Waals surface area contributed by atoms with Crippen LogP contribution in [-0.4, -0.2) is 44.2 Å². The smallest absolute Gasteiger partial charge is 0.295 e. The molecule has 0 radical (unpaired) electrons. The molecule has 2 aliphatic rings. The number of piperidine rings is 1. The van der Waals surface area contributed by atoms with Crippen LogP contribution in [0.15, 0.2) is 12.1 Å². The zero-order valence-electron chi connectivity index (χ0n) is 13.4. The molecule has 2 fully saturated rings. The fraction of sp³-hybridized carbons (Fsp3) is 0.625. The topological polar surface area (TPSA) is 61.6 Å². The van der Waals surface area contributed by atoms with E-state index in [9.17, 15) is 14.5 Å². The largest absolute Gasteiger partial charge is 0.369 e. The standard InChI is InChI=1S/C16H23FN4O2/c1-12-2-6-19(7-3-12)14-11-15(20-8-4-18-5-9-20)16(21(22)23)10-13(14)17/h10-12,18H,2-9H2,1H3. The molecular formula is C16H23FN4O2. The molecule has 0 amide bonds. The van der Waals surface area contributed by atoms with Crippen molar-refractivity contribution in [2.45, 2.75) is 19.8 Å². The van der Waals surface area contributed by atoms with Crippen LogP contribution in [0.4, 0.5) is 21.5 Å². The Morgan fingerprint density at radius 3 is 2.35 bits per heavy atom. The SMILES string of the molecule is CC1CCN(c2cc(N3CCNCC3)c([N+](=O)[O-])cc2F)CC1. The molecule has 2 heterocycles. The molecule has 1 N–H and O–H groups in total. The first-order valence-electron chi connectivity index (χ1n) is 8.25. The van der Waals surface area contributed by atoms with Gasteiger partial charge in [0.05, 0.1) is 16.7 Å². The predicted octanol–water partition coefficient (Wildman–Crippen LogP) is 2.38. The van der Waals surface area contributed by atoms with Crippen molar-refractivity contribution in [3.05, 3.63) is 28.1 Å². The highest BCUT2D eigenvalue weighted by Crippen LogP contribution is 2.36. The lowest BCUT2D eigenvalue weighted by Gasteiger charge is -2.34. The second kappa shape index (κ2) is 6.70. The zero-order chi connectivity index (χ0) is 16.4. The molecule has 1 aromatic carbocycles. The van der Waals surface area contributed by atoms with Crippen molar-refractivity contribution < 1.29 is 9.31 Å². The van der Waals surface area contributed by atoms with Crippen molar-refractivity contribution in [1.82, 2.24) is 5.32 Å². The zero-order valence-corrected chi connectivity index (χ0v) is 13.4. The van der Waals surface area contributed by atoms with E-state index in [2.05, 4.69) is 12.2 Å². The Morgan fingerprint density at radius 1 is 1.13 bits per heavy atom. The summed E-state index contributed by atoms with van der Waals surface area (Å²) in [6.45, 7) is 6.77. The first kappa shape index (κ1) is 16.0. The van der Waals surface area contributed by atoms with Gasteiger partial charge in [0.25, 0.3) is 5.69 Å². The Bertz CT molecular complexity index is 582. The molecule has 23 heavy (non-hydrogen) atoms. The Kier molecular flexibility index (Phi) is 4.66. The third-order valence-electron chi connectivity index (χ3n) is 4.82. The van der Waals surface area contributed by atoms with Crippen LogP contribution in [-0.2, 0) is 0 Å². The van der Waals surface area contributed by atoms with Gasteiger partial charge in [-0.2, -0.15) is 0 Å². The Hall–Kier alpha value is -1.89. The summed E-state index contributed by atoms with van der Waals surface area (Å²) in [5, 5.41) is 14.6. The summed E-state index contributed by atoms with van der Waals surface area (Å²) in [7, 11) is 0. The minimum atomic E-state index is -0.495. The number of nitrogens with one attached hydrogen (secondary N) is 1. The lowest BCUT2D eigenvalue weighted by Crippen LogP contribution is -2.44. The van der Waals surface area contributed by atoms with Gasteiger partial charge in [0, 0.05) is 39.3 Å². The fourth-order valence-electron chi connectivity index (χ4n) is 3.34. The van der Waals surface area contributed by atoms with Crippen LogP contribution < -0.4 is 15.1 Å². The fourth-order valence-corrected chi connectivity index (χ4v) is 3.34. The molecule has 7 heteroatoms. The summed E-state index contributed by atoms with van der Waals surface area (Å²) in [6.07, 6.45) is 2.05. The van der Waals surface area contributed by atoms with Gasteiger partial charge in [0.1, 0.15) is 5.69 Å². The molecule has 1 aromatic rings. The maximum atomic E-state index is 14.5. The molecule has 6 nitrogen and oxygen atoms in total. The van der Waals surface area contributed by atoms with Crippen molar-refractivity contribution in [2.75, 3.05) is 49.1 Å². The number of nitrogens with zero attached hydrogens (tertiary/aromatic N) is 3. The van der Waals surface area contributed by atoms with E-state index in [-0.39, 0.29) is 5.69 Å². The maximum Gasteiger partial charge on any atom is 0.295 e. The van der Waals surface area contributed by atoms with Crippen molar-refractivity contribution in [3.63, 3.8) is 0 Å². The van der Waals surface area contributed by atoms with Crippen molar-refractivity contribution in [1.29, 1.82) is 0 Å². The highest BCUT2D eigenvalue weighted by Gasteiger charge is 2.27. The van der Waals surface area contributed by atoms with E-state index in [1.807, 2.05) is 9.80 Å². The second-order valence-corrected chi connectivity index (χ2v) is 6.46. The van der Waals surface area contributed by atoms with E-state index in [0.29, 0.717) is 30.4 Å². The normalized spacial score (nSPS) is 19.9. The number of hydrogen-bond donors (Lipinski definition) is 1. The number of benzene rings is 1. The van der Waals surface area contributed by atoms with Gasteiger partial charge >= 0.3 is 0 Å². The van der Waals surface area contributed by atoms with Crippen molar-refractivity contribution in [2.24, 2.45) is 5.92 Å². The summed E-state index contributed by atoms with van der Waals surface area (Å²) >= 11 is 0. The summed E-state index contributed by atoms with van der Waals surface area (Å²) < 4.78 is 14.5. The molecule has 2 saturated heterocycles. The number of anilines is 2. The van der Waals surface area contributed by atoms with Gasteiger partial charge in [-0.25, -0.2) is 4.39 Å². The molecule has 2 aliphatic heterocycles. The Labute approximate surface area is 135 Å². The lowest BCUT2D eigenvalue weighted by atomic mass is 9.98. The van der Waals surface area contributed by atoms with Crippen LogP contribution in [0.5, 0.6) is 0 Å². The summed E-state index contributed by atoms with van der Waals surface area (Å²) in [6, 6.07) is 2.76. The average Bonchev–Trinajstić information content (AvgIpc) is 2.56. The number of nitro benzene ring substituents is 1. The molecule has 0 bridgehead atoms. The van der Waals surface area contributed by atoms with E-state index in [4.69, 9.17) is 0 Å². The molecule has 0 saturated carbocycles. The monoisotopic (exact) mass is 322 g/mol. The van der Waals surface area contributed by atoms with Crippen LogP contribution in [0.25, 0.3) is 0 Å². The van der Waals surface area contributed by atoms with Gasteiger partial charge in [-0.15, -0.1) is 0 Å². The van der Waals surface area contributed by atoms with Gasteiger partial charge in [-0.05, 0) is 24.8 Å². The summed E-state index contributed by atoms with van der Waals surface area (Å²) in [4.78, 5) is 14.8. The van der Waals surface area contributed by atoms with Crippen LogP contribution >= 0.6 is 0 Å². The Balaban J connectivity index is 1.95. The molecule has 0 aliphatic carbocycles. The third kappa shape index (κ3) is 3.39. The quantitative estimate of drug-likeness (QED) is 0.684. The number of piperazine rings is 1. The predicted molar refractivity (Wildman–Crippen MR) is 88.7 cm³/mol. The number of halogens is 1. The first-order chi connectivity index (χ1) is 11.1. The second-order valence-electron chi connectivity index (χ2n) is 6.46. The molecule has 0 spiro atoms. The van der Waals surface area contributed by atoms with Crippen LogP contribution in [0.1, 0.15) is 19.8 Å². The molecule has 0 atom stereocenters. The average molecular weight is 322 g/mol. The van der Waals surface area contributed by atoms with E-state index >= 15 is 0 Å². The molecular weight excluding hydrogens is 299 g/mol. The van der Waals surface area contributed by atoms with Crippen LogP contribution in [0, 0.1) is 21.8 Å². The van der Waals surface area contributed by atoms with Gasteiger partial charge < -0.3 is 15.1 Å². The minimum Gasteiger partial charge on any atom is -0.369 e. The van der Waals surface area contributed by atoms with Gasteiger partial charge in [-0.3, -0.25) is 10.1 Å². The van der Waals surface area contributed by atoms with Crippen molar-refractivity contribution >= 4 is 17.1 Å². The number of hydrogen-bond acceptors (Lipinski definition) is 5. The van der Waals surface area contributed by atoms with Gasteiger partial charge in [0.15, 0.2) is 5.82 Å². The maximum absolute atomic E-state index is 14.5. The van der Waals surface area contributed by atoms with E-state index in [0.717, 1.165) is 45.1 Å². The molecule has 0 aromatic heterocycles. The highest BCUT2D eigenvalue weighted by molar-refractivity contribution is 5.71. The molecule has 3 rings (SSSR count). The summed E-state index contributed by atoms with van der Waals surface area (Å²) in [5.74, 6) is 0.158. The molecule has 0 unspecified atom stereocenters. The number of rotatable bonds is 3. The van der Waals surface area contributed by atoms with Crippen molar-refractivity contribution in [3.8, 4) is 0 Å². The first-order valence-corrected chi connectivity index (χ1v) is 8.25. The van der Waals surface area contributed by atoms with E-state index in [1.54, 1.807) is 6.07 Å². The molecule has 126 valence electrons. The summed E-state index contributed by atoms with van der Waals surface area (Å²) in [5.41, 5.74) is 0.890.